The highest BCUT2D eigenvalue weighted by Gasteiger charge is 2.17. The molecule has 1 N–H and O–H groups in total. The number of hydrogen-bond donors (Lipinski definition) is 1. The Morgan fingerprint density at radius 1 is 1.12 bits per heavy atom. The van der Waals surface area contributed by atoms with Crippen molar-refractivity contribution in [2.24, 2.45) is 0 Å². The smallest absolute Gasteiger partial charge is 0.360 e. The lowest BCUT2D eigenvalue weighted by atomic mass is 10.1. The lowest BCUT2D eigenvalue weighted by Gasteiger charge is -2.09. The molecule has 1 heterocycles. The number of pyridine rings is 1. The molecule has 25 heavy (non-hydrogen) atoms. The van der Waals surface area contributed by atoms with Crippen LogP contribution >= 0.6 is 0 Å². The average molecular weight is 337 g/mol. The fourth-order valence-corrected chi connectivity index (χ4v) is 2.40. The number of para-hydroxylation sites is 1. The summed E-state index contributed by atoms with van der Waals surface area (Å²) in [6.07, 6.45) is 3.23. The van der Waals surface area contributed by atoms with Gasteiger partial charge in [-0.1, -0.05) is 31.5 Å². The summed E-state index contributed by atoms with van der Waals surface area (Å²) in [5.41, 5.74) is -0.0691. The minimum atomic E-state index is -0.613. The second-order valence-corrected chi connectivity index (χ2v) is 5.61. The average Bonchev–Trinajstić information content (AvgIpc) is 2.63. The molecule has 0 aliphatic rings. The van der Waals surface area contributed by atoms with E-state index < -0.39 is 5.97 Å². The first-order valence-corrected chi connectivity index (χ1v) is 8.21. The Morgan fingerprint density at radius 3 is 2.68 bits per heavy atom. The Hall–Kier alpha value is -3.08. The highest BCUT2D eigenvalue weighted by Crippen LogP contribution is 2.31. The maximum Gasteiger partial charge on any atom is 0.360 e. The van der Waals surface area contributed by atoms with Crippen LogP contribution in [0.3, 0.4) is 0 Å². The Labute approximate surface area is 145 Å². The van der Waals surface area contributed by atoms with Crippen molar-refractivity contribution in [2.45, 2.75) is 19.8 Å². The van der Waals surface area contributed by atoms with Gasteiger partial charge in [-0.15, -0.1) is 0 Å². The Bertz CT molecular complexity index is 878. The van der Waals surface area contributed by atoms with Crippen molar-refractivity contribution in [1.29, 1.82) is 0 Å². The summed E-state index contributed by atoms with van der Waals surface area (Å²) < 4.78 is 10.9. The number of fused-ring (bicyclic) bond motifs is 1. The molecule has 0 saturated carbocycles. The molecule has 3 aromatic rings. The first-order valence-electron chi connectivity index (χ1n) is 8.21. The van der Waals surface area contributed by atoms with E-state index in [0.29, 0.717) is 23.1 Å². The molecular formula is C20H19NO4. The van der Waals surface area contributed by atoms with E-state index >= 15 is 0 Å². The normalized spacial score (nSPS) is 10.6. The molecule has 0 atom stereocenters. The zero-order valence-corrected chi connectivity index (χ0v) is 13.9. The van der Waals surface area contributed by atoms with E-state index in [0.717, 1.165) is 18.6 Å². The second kappa shape index (κ2) is 7.66. The number of carbonyl (C=O) groups is 1. The monoisotopic (exact) mass is 337 g/mol. The van der Waals surface area contributed by atoms with Crippen LogP contribution in [0.1, 0.15) is 30.3 Å². The van der Waals surface area contributed by atoms with E-state index in [-0.39, 0.29) is 11.4 Å². The van der Waals surface area contributed by atoms with Gasteiger partial charge in [0.15, 0.2) is 11.4 Å². The van der Waals surface area contributed by atoms with Crippen LogP contribution in [0.15, 0.2) is 54.7 Å². The zero-order valence-electron chi connectivity index (χ0n) is 13.9. The number of ether oxygens (including phenoxy) is 2. The maximum atomic E-state index is 12.0. The summed E-state index contributed by atoms with van der Waals surface area (Å²) in [6.45, 7) is 2.33. The van der Waals surface area contributed by atoms with Crippen molar-refractivity contribution >= 4 is 16.7 Å². The molecule has 1 aromatic heterocycles. The van der Waals surface area contributed by atoms with E-state index in [1.54, 1.807) is 18.2 Å². The van der Waals surface area contributed by atoms with E-state index in [9.17, 15) is 9.90 Å². The van der Waals surface area contributed by atoms with Gasteiger partial charge in [0.2, 0.25) is 0 Å². The number of aromatic hydroxyl groups is 1. The number of rotatable bonds is 6. The number of aromatic nitrogens is 1. The van der Waals surface area contributed by atoms with Gasteiger partial charge in [-0.05, 0) is 36.8 Å². The number of unbranched alkanes of at least 4 members (excludes halogenated alkanes) is 1. The molecule has 0 fully saturated rings. The summed E-state index contributed by atoms with van der Waals surface area (Å²) in [6, 6.07) is 14.6. The summed E-state index contributed by atoms with van der Waals surface area (Å²) >= 11 is 0. The largest absolute Gasteiger partial charge is 0.505 e. The standard InChI is InChI=1S/C20H19NO4/c1-2-3-11-24-20(23)18-19(22)17-10-9-16(12-14(17)13-21-18)25-15-7-5-4-6-8-15/h4-10,12-13,22H,2-3,11H2,1H3. The molecule has 0 radical (unpaired) electrons. The van der Waals surface area contributed by atoms with Crippen LogP contribution in [0.25, 0.3) is 10.8 Å². The molecule has 0 bridgehead atoms. The molecule has 0 amide bonds. The molecule has 0 aliphatic heterocycles. The van der Waals surface area contributed by atoms with Gasteiger partial charge in [0.05, 0.1) is 6.61 Å². The maximum absolute atomic E-state index is 12.0. The van der Waals surface area contributed by atoms with Gasteiger partial charge in [0.25, 0.3) is 0 Å². The summed E-state index contributed by atoms with van der Waals surface area (Å²) in [7, 11) is 0. The number of hydrogen-bond acceptors (Lipinski definition) is 5. The van der Waals surface area contributed by atoms with Crippen LogP contribution in [-0.4, -0.2) is 22.7 Å². The molecule has 128 valence electrons. The number of nitrogens with zero attached hydrogens (tertiary/aromatic N) is 1. The van der Waals surface area contributed by atoms with Crippen LogP contribution < -0.4 is 4.74 Å². The van der Waals surface area contributed by atoms with Gasteiger partial charge < -0.3 is 14.6 Å². The minimum absolute atomic E-state index is 0.0691. The van der Waals surface area contributed by atoms with E-state index in [1.807, 2.05) is 37.3 Å². The number of benzene rings is 2. The van der Waals surface area contributed by atoms with Crippen molar-refractivity contribution in [3.8, 4) is 17.2 Å². The Morgan fingerprint density at radius 2 is 1.92 bits per heavy atom. The van der Waals surface area contributed by atoms with E-state index in [2.05, 4.69) is 4.98 Å². The Balaban J connectivity index is 1.85. The van der Waals surface area contributed by atoms with Gasteiger partial charge in [0, 0.05) is 17.0 Å². The molecule has 2 aromatic carbocycles. The molecule has 0 spiro atoms. The SMILES string of the molecule is CCCCOC(=O)c1ncc2cc(Oc3ccccc3)ccc2c1O. The van der Waals surface area contributed by atoms with E-state index in [4.69, 9.17) is 9.47 Å². The lowest BCUT2D eigenvalue weighted by molar-refractivity contribution is 0.0489. The third-order valence-electron chi connectivity index (χ3n) is 3.74. The summed E-state index contributed by atoms with van der Waals surface area (Å²) in [4.78, 5) is 16.1. The van der Waals surface area contributed by atoms with Crippen LogP contribution in [0.5, 0.6) is 17.2 Å². The molecule has 5 heteroatoms. The van der Waals surface area contributed by atoms with E-state index in [1.165, 1.54) is 6.20 Å². The Kier molecular flexibility index (Phi) is 5.14. The lowest BCUT2D eigenvalue weighted by Crippen LogP contribution is -2.08. The van der Waals surface area contributed by atoms with Gasteiger partial charge in [0.1, 0.15) is 11.5 Å². The third kappa shape index (κ3) is 3.88. The summed E-state index contributed by atoms with van der Waals surface area (Å²) in [5.74, 6) is 0.552. The van der Waals surface area contributed by atoms with Crippen molar-refractivity contribution in [3.05, 3.63) is 60.4 Å². The third-order valence-corrected chi connectivity index (χ3v) is 3.74. The predicted molar refractivity (Wildman–Crippen MR) is 95.1 cm³/mol. The highest BCUT2D eigenvalue weighted by molar-refractivity contribution is 5.99. The van der Waals surface area contributed by atoms with Gasteiger partial charge in [-0.25, -0.2) is 9.78 Å². The van der Waals surface area contributed by atoms with Crippen molar-refractivity contribution < 1.29 is 19.4 Å². The van der Waals surface area contributed by atoms with Gasteiger partial charge >= 0.3 is 5.97 Å². The molecule has 3 rings (SSSR count). The topological polar surface area (TPSA) is 68.7 Å². The van der Waals surface area contributed by atoms with Gasteiger partial charge in [-0.2, -0.15) is 0 Å². The van der Waals surface area contributed by atoms with Crippen molar-refractivity contribution in [1.82, 2.24) is 4.98 Å². The fraction of sp³-hybridized carbons (Fsp3) is 0.200. The quantitative estimate of drug-likeness (QED) is 0.522. The number of carbonyl (C=O) groups excluding carboxylic acids is 1. The fourth-order valence-electron chi connectivity index (χ4n) is 2.40. The van der Waals surface area contributed by atoms with Gasteiger partial charge in [-0.3, -0.25) is 0 Å². The van der Waals surface area contributed by atoms with Crippen molar-refractivity contribution in [3.63, 3.8) is 0 Å². The van der Waals surface area contributed by atoms with Crippen LogP contribution in [0.2, 0.25) is 0 Å². The number of esters is 1. The van der Waals surface area contributed by atoms with Crippen LogP contribution in [0, 0.1) is 0 Å². The van der Waals surface area contributed by atoms with Crippen molar-refractivity contribution in [2.75, 3.05) is 6.61 Å². The predicted octanol–water partition coefficient (Wildman–Crippen LogP) is 4.69. The minimum Gasteiger partial charge on any atom is -0.505 e. The first-order chi connectivity index (χ1) is 12.2. The molecule has 0 aliphatic carbocycles. The second-order valence-electron chi connectivity index (χ2n) is 5.61. The zero-order chi connectivity index (χ0) is 17.6. The first kappa shape index (κ1) is 16.8. The summed E-state index contributed by atoms with van der Waals surface area (Å²) in [5, 5.41) is 11.6. The van der Waals surface area contributed by atoms with Crippen LogP contribution in [-0.2, 0) is 4.74 Å². The van der Waals surface area contributed by atoms with Crippen LogP contribution in [0.4, 0.5) is 0 Å². The highest BCUT2D eigenvalue weighted by atomic mass is 16.5. The molecular weight excluding hydrogens is 318 g/mol. The molecule has 5 nitrogen and oxygen atoms in total. The molecule has 0 saturated heterocycles. The molecule has 0 unspecified atom stereocenters.